The number of hydrogen-bond donors (Lipinski definition) is 1. The summed E-state index contributed by atoms with van der Waals surface area (Å²) in [4.78, 5) is 64.3. The van der Waals surface area contributed by atoms with Crippen LogP contribution in [0.3, 0.4) is 0 Å². The van der Waals surface area contributed by atoms with Gasteiger partial charge in [0.1, 0.15) is 60.7 Å². The lowest BCUT2D eigenvalue weighted by Crippen LogP contribution is -2.34. The predicted octanol–water partition coefficient (Wildman–Crippen LogP) is 15.5. The van der Waals surface area contributed by atoms with Crippen LogP contribution in [0.1, 0.15) is 84.6 Å². The molecule has 90 heavy (non-hydrogen) atoms. The van der Waals surface area contributed by atoms with Gasteiger partial charge in [0.25, 0.3) is 5.82 Å². The second-order valence-electron chi connectivity index (χ2n) is 20.7. The van der Waals surface area contributed by atoms with Gasteiger partial charge in [-0.25, -0.2) is 39.4 Å². The Morgan fingerprint density at radius 2 is 0.900 bits per heavy atom. The van der Waals surface area contributed by atoms with E-state index in [1.54, 1.807) is 96.1 Å². The Bertz CT molecular complexity index is 4340. The Kier molecular flexibility index (Phi) is 24.9. The number of allylic oxidation sites excluding steroid dienone is 3. The maximum absolute atomic E-state index is 12.2. The number of halogens is 1. The molecule has 0 spiro atoms. The van der Waals surface area contributed by atoms with Gasteiger partial charge < -0.3 is 39.1 Å². The highest BCUT2D eigenvalue weighted by atomic mass is 35.5. The van der Waals surface area contributed by atoms with Crippen molar-refractivity contribution in [2.75, 3.05) is 64.0 Å². The van der Waals surface area contributed by atoms with Gasteiger partial charge in [0.2, 0.25) is 0 Å². The molecular formula is C67H67ClN10O9S3. The van der Waals surface area contributed by atoms with Crippen molar-refractivity contribution in [3.05, 3.63) is 162 Å². The molecule has 23 heteroatoms. The number of carbonyl (C=O) groups excluding carboxylic acids is 2. The lowest BCUT2D eigenvalue weighted by Gasteiger charge is -2.24. The van der Waals surface area contributed by atoms with Gasteiger partial charge in [0.05, 0.1) is 63.4 Å². The summed E-state index contributed by atoms with van der Waals surface area (Å²) < 4.78 is 29.5. The van der Waals surface area contributed by atoms with Crippen LogP contribution in [-0.2, 0) is 9.47 Å². The van der Waals surface area contributed by atoms with Crippen LogP contribution in [0.15, 0.2) is 109 Å². The van der Waals surface area contributed by atoms with E-state index in [0.717, 1.165) is 96.2 Å². The molecule has 0 saturated heterocycles. The van der Waals surface area contributed by atoms with Gasteiger partial charge in [-0.3, -0.25) is 4.90 Å². The summed E-state index contributed by atoms with van der Waals surface area (Å²) in [5.74, 6) is 21.2. The summed E-state index contributed by atoms with van der Waals surface area (Å²) in [6, 6.07) is 27.7. The largest absolute Gasteiger partial charge is 0.497 e. The Hall–Kier alpha value is -9.89. The zero-order valence-electron chi connectivity index (χ0n) is 52.4. The average Bonchev–Trinajstić information content (AvgIpc) is 3.17. The van der Waals surface area contributed by atoms with E-state index in [9.17, 15) is 19.7 Å². The molecule has 19 nitrogen and oxygen atoms in total. The highest BCUT2D eigenvalue weighted by Crippen LogP contribution is 2.30. The first-order chi connectivity index (χ1) is 42.9. The molecule has 0 saturated carbocycles. The van der Waals surface area contributed by atoms with Crippen molar-refractivity contribution in [3.8, 4) is 52.8 Å². The third-order valence-corrected chi connectivity index (χ3v) is 14.8. The molecule has 0 aliphatic carbocycles. The summed E-state index contributed by atoms with van der Waals surface area (Å²) in [5.41, 5.74) is 4.97. The summed E-state index contributed by atoms with van der Waals surface area (Å²) >= 11 is 9.31. The second-order valence-corrected chi connectivity index (χ2v) is 23.9. The number of aromatic nitrogens is 6. The van der Waals surface area contributed by atoms with E-state index >= 15 is 0 Å². The molecule has 0 unspecified atom stereocenters. The van der Waals surface area contributed by atoms with E-state index in [1.165, 1.54) is 41.8 Å². The van der Waals surface area contributed by atoms with Crippen molar-refractivity contribution in [3.63, 3.8) is 0 Å². The maximum atomic E-state index is 12.2. The van der Waals surface area contributed by atoms with Crippen molar-refractivity contribution >= 4 is 130 Å². The molecule has 3 aromatic carbocycles. The molecule has 0 atom stereocenters. The van der Waals surface area contributed by atoms with E-state index in [4.69, 9.17) is 23.7 Å². The first kappa shape index (κ1) is 69.2. The van der Waals surface area contributed by atoms with E-state index < -0.39 is 34.1 Å². The van der Waals surface area contributed by atoms with Crippen LogP contribution in [0.25, 0.3) is 48.9 Å². The summed E-state index contributed by atoms with van der Waals surface area (Å²) in [6.45, 7) is 14.5. The third-order valence-electron chi connectivity index (χ3n) is 11.9. The minimum atomic E-state index is -0.704. The van der Waals surface area contributed by atoms with Crippen molar-refractivity contribution in [2.45, 2.75) is 66.6 Å². The highest BCUT2D eigenvalue weighted by molar-refractivity contribution is 7.20. The molecular weight excluding hydrogens is 1220 g/mol. The van der Waals surface area contributed by atoms with Crippen LogP contribution in [0.4, 0.5) is 32.9 Å². The van der Waals surface area contributed by atoms with Crippen LogP contribution < -0.4 is 29.3 Å². The summed E-state index contributed by atoms with van der Waals surface area (Å²) in [6.07, 6.45) is 11.1. The molecule has 0 radical (unpaired) electrons. The number of pyridine rings is 3. The second kappa shape index (κ2) is 32.4. The van der Waals surface area contributed by atoms with Crippen molar-refractivity contribution in [1.29, 1.82) is 0 Å². The van der Waals surface area contributed by atoms with E-state index in [-0.39, 0.29) is 11.4 Å². The molecule has 0 fully saturated rings. The number of carbonyl (C=O) groups is 2. The predicted molar refractivity (Wildman–Crippen MR) is 366 cm³/mol. The number of methoxy groups -OCH3 is 3. The first-order valence-corrected chi connectivity index (χ1v) is 30.6. The number of rotatable bonds is 10. The van der Waals surface area contributed by atoms with Crippen molar-refractivity contribution in [2.24, 2.45) is 0 Å². The van der Waals surface area contributed by atoms with E-state index in [0.29, 0.717) is 5.82 Å². The van der Waals surface area contributed by atoms with Gasteiger partial charge in [-0.05, 0) is 187 Å². The number of ether oxygens (including phenoxy) is 5. The van der Waals surface area contributed by atoms with Gasteiger partial charge in [-0.1, -0.05) is 35.5 Å². The minimum Gasteiger partial charge on any atom is -0.497 e. The Morgan fingerprint density at radius 1 is 0.544 bits per heavy atom. The van der Waals surface area contributed by atoms with Gasteiger partial charge in [-0.15, -0.1) is 45.6 Å². The van der Waals surface area contributed by atoms with Gasteiger partial charge in [0.15, 0.2) is 0 Å². The number of nitro groups is 1. The number of amides is 2. The number of thiazole rings is 3. The van der Waals surface area contributed by atoms with Gasteiger partial charge in [0, 0.05) is 44.7 Å². The molecule has 0 aliphatic rings. The number of hydrogen-bond acceptors (Lipinski definition) is 19. The number of nitrogens with zero attached hydrogens (tertiary/aromatic N) is 9. The SMILES string of the molecule is CCl.CNc1ccc(C#C/C=C/c2nc3ccc(OC)cc3s2)c(C)n1.COc1ccc2nc(/C=C/C#Cc3ccc(N(C)C(=O)OC(C)(C)C)nc3C)sc2c1.COc1ccc2nc(/C=C/C#Cc3ccc(N(C)C(=O)OC(C)(C)C)nc3[N+](=O)[O-])sc2c1. The number of nitrogens with one attached hydrogen (secondary N) is 1. The topological polar surface area (TPSA) is 219 Å². The van der Waals surface area contributed by atoms with Gasteiger partial charge in [-0.2, -0.15) is 0 Å². The average molecular weight is 1290 g/mol. The van der Waals surface area contributed by atoms with Crippen LogP contribution in [-0.4, -0.2) is 107 Å². The van der Waals surface area contributed by atoms with E-state index in [2.05, 4.69) is 82.3 Å². The molecule has 0 aliphatic heterocycles. The Balaban J connectivity index is 0.000000214. The quantitative estimate of drug-likeness (QED) is 0.0582. The molecule has 6 heterocycles. The molecule has 1 N–H and O–H groups in total. The van der Waals surface area contributed by atoms with E-state index in [1.807, 2.05) is 133 Å². The zero-order valence-corrected chi connectivity index (χ0v) is 55.6. The van der Waals surface area contributed by atoms with Crippen LogP contribution in [0.5, 0.6) is 17.2 Å². The highest BCUT2D eigenvalue weighted by Gasteiger charge is 2.26. The minimum absolute atomic E-state index is 0.0851. The molecule has 0 bridgehead atoms. The summed E-state index contributed by atoms with van der Waals surface area (Å²) in [7, 11) is 9.84. The monoisotopic (exact) mass is 1290 g/mol. The van der Waals surface area contributed by atoms with Gasteiger partial charge >= 0.3 is 18.0 Å². The standard InChI is InChI=1S/C24H25N3O3S.C23H22N4O5S.C19H17N3OS.CH3Cl/c1-16-17(11-14-21(25-16)27(5)23(28)30-24(2,3)4)9-7-8-10-22-26-19-13-12-18(29-6)15-20(19)31-22;1-23(2,3)32-22(28)26(4)19-13-10-15(21(25-19)27(29)30)8-6-7-9-20-24-17-12-11-16(31-5)14-18(17)33-20;1-13-14(8-11-18(20-2)21-13)6-4-5-7-19-22-16-10-9-15(23-3)12-17(16)24-19;1-2/h8,10-15H,1-6H3;7,9-14H,1-5H3;5,7-12H,1-3H3,(H,20,21);1H3/b10-8+;9-7+;7-5+;. The Morgan fingerprint density at radius 3 is 1.24 bits per heavy atom. The van der Waals surface area contributed by atoms with Crippen LogP contribution in [0.2, 0.25) is 0 Å². The fraction of sp³-hybridized carbons (Fsp3) is 0.254. The maximum Gasteiger partial charge on any atom is 0.417 e. The zero-order chi connectivity index (χ0) is 65.7. The number of benzene rings is 3. The van der Waals surface area contributed by atoms with Crippen LogP contribution in [0, 0.1) is 59.5 Å². The lowest BCUT2D eigenvalue weighted by atomic mass is 10.2. The molecule has 2 amide bonds. The molecule has 9 aromatic rings. The van der Waals surface area contributed by atoms with Crippen molar-refractivity contribution < 1.29 is 38.2 Å². The number of fused-ring (bicyclic) bond motifs is 3. The normalized spacial score (nSPS) is 10.9. The van der Waals surface area contributed by atoms with Crippen molar-refractivity contribution in [1.82, 2.24) is 29.9 Å². The third kappa shape index (κ3) is 20.3. The summed E-state index contributed by atoms with van der Waals surface area (Å²) in [5, 5.41) is 17.1. The first-order valence-electron chi connectivity index (χ1n) is 27.4. The molecule has 9 rings (SSSR count). The molecule has 464 valence electrons. The fourth-order valence-corrected chi connectivity index (χ4v) is 10.2. The smallest absolute Gasteiger partial charge is 0.417 e. The van der Waals surface area contributed by atoms with Crippen LogP contribution >= 0.6 is 45.6 Å². The number of anilines is 3. The fourth-order valence-electron chi connectivity index (χ4n) is 7.47. The molecule has 6 aromatic heterocycles. The Labute approximate surface area is 540 Å². The number of alkyl halides is 1. The lowest BCUT2D eigenvalue weighted by molar-refractivity contribution is -0.389. The number of aryl methyl sites for hydroxylation is 2.